The highest BCUT2D eigenvalue weighted by Gasteiger charge is 2.16. The van der Waals surface area contributed by atoms with Crippen molar-refractivity contribution in [2.75, 3.05) is 14.1 Å². The lowest BCUT2D eigenvalue weighted by Crippen LogP contribution is -2.35. The highest BCUT2D eigenvalue weighted by atomic mass is 16.4. The van der Waals surface area contributed by atoms with Gasteiger partial charge in [0.1, 0.15) is 6.54 Å². The molecule has 0 radical (unpaired) electrons. The normalized spacial score (nSPS) is 10.3. The van der Waals surface area contributed by atoms with Crippen LogP contribution in [0.25, 0.3) is 0 Å². The summed E-state index contributed by atoms with van der Waals surface area (Å²) in [5.74, 6) is -1.26. The van der Waals surface area contributed by atoms with Gasteiger partial charge in [0, 0.05) is 31.0 Å². The van der Waals surface area contributed by atoms with Crippen molar-refractivity contribution < 1.29 is 14.7 Å². The zero-order valence-electron chi connectivity index (χ0n) is 11.4. The predicted octanol–water partition coefficient (Wildman–Crippen LogP) is -0.425. The van der Waals surface area contributed by atoms with E-state index in [2.05, 4.69) is 4.98 Å². The third-order valence-electron chi connectivity index (χ3n) is 2.89. The number of aromatic nitrogens is 2. The second-order valence-electron chi connectivity index (χ2n) is 4.49. The maximum absolute atomic E-state index is 11.8. The maximum Gasteiger partial charge on any atom is 0.348 e. The lowest BCUT2D eigenvalue weighted by Gasteiger charge is -2.16. The van der Waals surface area contributed by atoms with Crippen molar-refractivity contribution in [3.05, 3.63) is 27.4 Å². The number of rotatable bonds is 4. The molecule has 0 aliphatic heterocycles. The van der Waals surface area contributed by atoms with E-state index in [0.29, 0.717) is 17.0 Å². The molecule has 0 fully saturated rings. The zero-order valence-corrected chi connectivity index (χ0v) is 11.4. The maximum atomic E-state index is 11.8. The van der Waals surface area contributed by atoms with Gasteiger partial charge in [-0.2, -0.15) is 4.98 Å². The minimum Gasteiger partial charge on any atom is -0.481 e. The Labute approximate surface area is 110 Å². The number of aliphatic carboxylic acids is 1. The van der Waals surface area contributed by atoms with E-state index in [9.17, 15) is 14.4 Å². The molecule has 0 saturated heterocycles. The number of likely N-dealkylation sites (N-methyl/N-ethyl adjacent to an activating group) is 1. The Hall–Kier alpha value is -2.18. The van der Waals surface area contributed by atoms with Gasteiger partial charge in [0.05, 0.1) is 6.42 Å². The van der Waals surface area contributed by atoms with E-state index < -0.39 is 11.7 Å². The van der Waals surface area contributed by atoms with E-state index in [0.717, 1.165) is 0 Å². The summed E-state index contributed by atoms with van der Waals surface area (Å²) < 4.78 is 1.20. The highest BCUT2D eigenvalue weighted by molar-refractivity contribution is 5.75. The topological polar surface area (TPSA) is 92.5 Å². The Balaban J connectivity index is 3.29. The standard InChI is InChI=1S/C12H17N3O4/c1-7-9(5-11(17)18)8(2)15(12(19)13-7)6-10(16)14(3)4/h5-6H2,1-4H3,(H,17,18). The van der Waals surface area contributed by atoms with Gasteiger partial charge in [0.25, 0.3) is 0 Å². The average molecular weight is 267 g/mol. The van der Waals surface area contributed by atoms with Gasteiger partial charge in [0.15, 0.2) is 0 Å². The smallest absolute Gasteiger partial charge is 0.348 e. The number of carboxylic acid groups (broad SMARTS) is 1. The van der Waals surface area contributed by atoms with Gasteiger partial charge < -0.3 is 10.0 Å². The van der Waals surface area contributed by atoms with Crippen LogP contribution in [0.2, 0.25) is 0 Å². The second-order valence-corrected chi connectivity index (χ2v) is 4.49. The molecule has 0 atom stereocenters. The molecule has 0 spiro atoms. The molecule has 19 heavy (non-hydrogen) atoms. The summed E-state index contributed by atoms with van der Waals surface area (Å²) in [6.07, 6.45) is -0.221. The average Bonchev–Trinajstić information content (AvgIpc) is 2.29. The SMILES string of the molecule is Cc1nc(=O)n(CC(=O)N(C)C)c(C)c1CC(=O)O. The largest absolute Gasteiger partial charge is 0.481 e. The van der Waals surface area contributed by atoms with Gasteiger partial charge in [-0.15, -0.1) is 0 Å². The van der Waals surface area contributed by atoms with Gasteiger partial charge in [-0.3, -0.25) is 14.2 Å². The molecule has 0 bridgehead atoms. The second kappa shape index (κ2) is 5.64. The van der Waals surface area contributed by atoms with Crippen LogP contribution in [0.5, 0.6) is 0 Å². The summed E-state index contributed by atoms with van der Waals surface area (Å²) in [5, 5.41) is 8.86. The van der Waals surface area contributed by atoms with E-state index in [1.54, 1.807) is 27.9 Å². The molecule has 7 nitrogen and oxygen atoms in total. The molecule has 7 heteroatoms. The Morgan fingerprint density at radius 2 is 1.89 bits per heavy atom. The van der Waals surface area contributed by atoms with Crippen molar-refractivity contribution in [2.45, 2.75) is 26.8 Å². The number of nitrogens with zero attached hydrogens (tertiary/aromatic N) is 3. The number of carboxylic acids is 1. The van der Waals surface area contributed by atoms with Crippen molar-refractivity contribution in [3.63, 3.8) is 0 Å². The fraction of sp³-hybridized carbons (Fsp3) is 0.500. The first-order valence-corrected chi connectivity index (χ1v) is 5.73. The van der Waals surface area contributed by atoms with Gasteiger partial charge in [-0.05, 0) is 13.8 Å². The molecular formula is C12H17N3O4. The summed E-state index contributed by atoms with van der Waals surface area (Å²) in [5.41, 5.74) is 0.784. The van der Waals surface area contributed by atoms with Crippen LogP contribution in [0.3, 0.4) is 0 Å². The number of carbonyl (C=O) groups excluding carboxylic acids is 1. The minimum absolute atomic E-state index is 0.141. The van der Waals surface area contributed by atoms with E-state index in [4.69, 9.17) is 5.11 Å². The van der Waals surface area contributed by atoms with Gasteiger partial charge in [0.2, 0.25) is 5.91 Å². The van der Waals surface area contributed by atoms with Crippen LogP contribution in [0, 0.1) is 13.8 Å². The van der Waals surface area contributed by atoms with E-state index in [1.807, 2.05) is 0 Å². The lowest BCUT2D eigenvalue weighted by atomic mass is 10.1. The first kappa shape index (κ1) is 14.9. The highest BCUT2D eigenvalue weighted by Crippen LogP contribution is 2.10. The molecule has 1 aromatic heterocycles. The predicted molar refractivity (Wildman–Crippen MR) is 68.0 cm³/mol. The van der Waals surface area contributed by atoms with Crippen LogP contribution < -0.4 is 5.69 Å². The fourth-order valence-electron chi connectivity index (χ4n) is 1.71. The third kappa shape index (κ3) is 3.40. The first-order valence-electron chi connectivity index (χ1n) is 5.73. The first-order chi connectivity index (χ1) is 8.73. The fourth-order valence-corrected chi connectivity index (χ4v) is 1.71. The van der Waals surface area contributed by atoms with E-state index in [-0.39, 0.29) is 18.9 Å². The zero-order chi connectivity index (χ0) is 14.7. The van der Waals surface area contributed by atoms with Crippen LogP contribution in [0.15, 0.2) is 4.79 Å². The lowest BCUT2D eigenvalue weighted by molar-refractivity contribution is -0.136. The Bertz CT molecular complexity index is 575. The number of hydrogen-bond donors (Lipinski definition) is 1. The molecule has 0 saturated carbocycles. The summed E-state index contributed by atoms with van der Waals surface area (Å²) in [4.78, 5) is 39.4. The Morgan fingerprint density at radius 1 is 1.32 bits per heavy atom. The van der Waals surface area contributed by atoms with Crippen molar-refractivity contribution in [2.24, 2.45) is 0 Å². The Kier molecular flexibility index (Phi) is 4.42. The monoisotopic (exact) mass is 267 g/mol. The number of aryl methyl sites for hydroxylation is 1. The molecule has 1 N–H and O–H groups in total. The van der Waals surface area contributed by atoms with Crippen molar-refractivity contribution in [1.29, 1.82) is 0 Å². The molecule has 1 aromatic rings. The molecule has 0 unspecified atom stereocenters. The molecule has 104 valence electrons. The molecule has 0 aliphatic carbocycles. The molecule has 0 aliphatic rings. The number of hydrogen-bond acceptors (Lipinski definition) is 4. The van der Waals surface area contributed by atoms with Crippen LogP contribution in [-0.4, -0.2) is 45.5 Å². The van der Waals surface area contributed by atoms with Crippen molar-refractivity contribution in [3.8, 4) is 0 Å². The van der Waals surface area contributed by atoms with E-state index >= 15 is 0 Å². The molecule has 1 amide bonds. The molecule has 1 heterocycles. The molecule has 0 aromatic carbocycles. The van der Waals surface area contributed by atoms with Crippen molar-refractivity contribution in [1.82, 2.24) is 14.5 Å². The van der Waals surface area contributed by atoms with Gasteiger partial charge in [-0.1, -0.05) is 0 Å². The minimum atomic E-state index is -1.00. The summed E-state index contributed by atoms with van der Waals surface area (Å²) in [6, 6.07) is 0. The number of amides is 1. The van der Waals surface area contributed by atoms with Crippen LogP contribution in [0.4, 0.5) is 0 Å². The summed E-state index contributed by atoms with van der Waals surface area (Å²) in [6.45, 7) is 3.07. The van der Waals surface area contributed by atoms with Gasteiger partial charge in [-0.25, -0.2) is 4.79 Å². The van der Waals surface area contributed by atoms with E-state index in [1.165, 1.54) is 9.47 Å². The van der Waals surface area contributed by atoms with Crippen molar-refractivity contribution >= 4 is 11.9 Å². The molecular weight excluding hydrogens is 250 g/mol. The molecule has 1 rings (SSSR count). The quantitative estimate of drug-likeness (QED) is 0.799. The Morgan fingerprint density at radius 3 is 2.37 bits per heavy atom. The third-order valence-corrected chi connectivity index (χ3v) is 2.89. The van der Waals surface area contributed by atoms with Crippen LogP contribution in [0.1, 0.15) is 17.0 Å². The van der Waals surface area contributed by atoms with Gasteiger partial charge >= 0.3 is 11.7 Å². The van der Waals surface area contributed by atoms with Crippen LogP contribution >= 0.6 is 0 Å². The summed E-state index contributed by atoms with van der Waals surface area (Å²) in [7, 11) is 3.17. The number of carbonyl (C=O) groups is 2. The summed E-state index contributed by atoms with van der Waals surface area (Å²) >= 11 is 0. The van der Waals surface area contributed by atoms with Crippen LogP contribution in [-0.2, 0) is 22.6 Å².